The second-order valence-corrected chi connectivity index (χ2v) is 2.08. The van der Waals surface area contributed by atoms with Gasteiger partial charge in [-0.15, -0.1) is 0 Å². The lowest BCUT2D eigenvalue weighted by Gasteiger charge is -1.87. The van der Waals surface area contributed by atoms with Crippen LogP contribution >= 0.6 is 0 Å². The zero-order valence-electron chi connectivity index (χ0n) is 5.69. The van der Waals surface area contributed by atoms with E-state index in [2.05, 4.69) is 10.2 Å². The van der Waals surface area contributed by atoms with Gasteiger partial charge in [-0.05, 0) is 6.42 Å². The Morgan fingerprint density at radius 3 is 2.80 bits per heavy atom. The molecule has 10 heavy (non-hydrogen) atoms. The number of nitrogens with one attached hydrogen (secondary N) is 1. The summed E-state index contributed by atoms with van der Waals surface area (Å²) < 4.78 is 12.6. The van der Waals surface area contributed by atoms with Crippen LogP contribution in [0.25, 0.3) is 0 Å². The molecule has 0 fully saturated rings. The molecule has 0 aliphatic heterocycles. The van der Waals surface area contributed by atoms with Crippen LogP contribution in [0.2, 0.25) is 0 Å². The van der Waals surface area contributed by atoms with Gasteiger partial charge in [0.25, 0.3) is 0 Å². The van der Waals surface area contributed by atoms with E-state index in [9.17, 15) is 4.39 Å². The van der Waals surface area contributed by atoms with Crippen molar-refractivity contribution >= 4 is 0 Å². The Morgan fingerprint density at radius 2 is 2.40 bits per heavy atom. The van der Waals surface area contributed by atoms with E-state index in [1.165, 1.54) is 0 Å². The number of aryl methyl sites for hydroxylation is 1. The quantitative estimate of drug-likeness (QED) is 0.655. The largest absolute Gasteiger partial charge is 0.492 e. The molecular weight excluding hydrogens is 135 g/mol. The lowest BCUT2D eigenvalue weighted by molar-refractivity contribution is 0.415. The van der Waals surface area contributed by atoms with Crippen LogP contribution in [0.4, 0.5) is 4.39 Å². The number of H-pyrrole nitrogens is 1. The van der Waals surface area contributed by atoms with E-state index in [4.69, 9.17) is 5.11 Å². The van der Waals surface area contributed by atoms with Crippen molar-refractivity contribution in [2.45, 2.75) is 19.8 Å². The molecule has 4 heteroatoms. The minimum atomic E-state index is -0.623. The summed E-state index contributed by atoms with van der Waals surface area (Å²) in [6.07, 6.45) is 1.38. The second kappa shape index (κ2) is 2.68. The van der Waals surface area contributed by atoms with Crippen molar-refractivity contribution in [1.82, 2.24) is 10.2 Å². The first-order valence-corrected chi connectivity index (χ1v) is 3.17. The summed E-state index contributed by atoms with van der Waals surface area (Å²) in [5.74, 6) is -1.09. The Bertz CT molecular complexity index is 222. The third-order valence-electron chi connectivity index (χ3n) is 1.24. The molecule has 0 radical (unpaired) electrons. The lowest BCUT2D eigenvalue weighted by atomic mass is 10.2. The van der Waals surface area contributed by atoms with Gasteiger partial charge in [-0.1, -0.05) is 13.3 Å². The molecule has 0 atom stereocenters. The maximum absolute atomic E-state index is 12.6. The maximum Gasteiger partial charge on any atom is 0.244 e. The molecule has 0 saturated heterocycles. The first-order chi connectivity index (χ1) is 4.75. The normalized spacial score (nSPS) is 10.2. The Labute approximate surface area is 57.9 Å². The average molecular weight is 144 g/mol. The fraction of sp³-hybridized carbons (Fsp3) is 0.500. The van der Waals surface area contributed by atoms with Gasteiger partial charge in [0, 0.05) is 0 Å². The standard InChI is InChI=1S/C6H9FN2O/c1-2-3-4-5(7)6(10)9-8-4/h2-3H2,1H3,(H2,8,9,10). The first-order valence-electron chi connectivity index (χ1n) is 3.17. The molecule has 56 valence electrons. The van der Waals surface area contributed by atoms with Crippen LogP contribution in [-0.4, -0.2) is 15.3 Å². The smallest absolute Gasteiger partial charge is 0.244 e. The zero-order valence-corrected chi connectivity index (χ0v) is 5.69. The van der Waals surface area contributed by atoms with Gasteiger partial charge in [0.05, 0.1) is 0 Å². The molecule has 0 aliphatic rings. The summed E-state index contributed by atoms with van der Waals surface area (Å²) in [4.78, 5) is 0. The van der Waals surface area contributed by atoms with Gasteiger partial charge in [-0.25, -0.2) is 5.10 Å². The number of halogens is 1. The van der Waals surface area contributed by atoms with Crippen molar-refractivity contribution in [2.75, 3.05) is 0 Å². The molecular formula is C6H9FN2O. The molecule has 0 aromatic carbocycles. The van der Waals surface area contributed by atoms with Gasteiger partial charge in [-0.2, -0.15) is 9.49 Å². The Morgan fingerprint density at radius 1 is 1.70 bits per heavy atom. The Kier molecular flexibility index (Phi) is 1.89. The summed E-state index contributed by atoms with van der Waals surface area (Å²) in [5.41, 5.74) is 0.306. The lowest BCUT2D eigenvalue weighted by Crippen LogP contribution is -1.85. The van der Waals surface area contributed by atoms with Crippen LogP contribution in [0.1, 0.15) is 19.0 Å². The van der Waals surface area contributed by atoms with Gasteiger partial charge in [0.1, 0.15) is 5.69 Å². The van der Waals surface area contributed by atoms with E-state index in [0.29, 0.717) is 12.1 Å². The van der Waals surface area contributed by atoms with Crippen molar-refractivity contribution < 1.29 is 9.50 Å². The van der Waals surface area contributed by atoms with Crippen molar-refractivity contribution in [3.05, 3.63) is 11.5 Å². The second-order valence-electron chi connectivity index (χ2n) is 2.08. The predicted molar refractivity (Wildman–Crippen MR) is 34.2 cm³/mol. The van der Waals surface area contributed by atoms with E-state index in [1.54, 1.807) is 0 Å². The molecule has 0 saturated carbocycles. The molecule has 0 unspecified atom stereocenters. The van der Waals surface area contributed by atoms with Crippen LogP contribution in [0, 0.1) is 5.82 Å². The number of aromatic nitrogens is 2. The van der Waals surface area contributed by atoms with Crippen molar-refractivity contribution in [3.8, 4) is 5.88 Å². The van der Waals surface area contributed by atoms with Crippen LogP contribution in [-0.2, 0) is 6.42 Å². The number of nitrogens with zero attached hydrogens (tertiary/aromatic N) is 1. The highest BCUT2D eigenvalue weighted by molar-refractivity contribution is 5.15. The number of hydrogen-bond donors (Lipinski definition) is 2. The summed E-state index contributed by atoms with van der Waals surface area (Å²) in [6, 6.07) is 0. The molecule has 0 spiro atoms. The van der Waals surface area contributed by atoms with Crippen LogP contribution in [0.3, 0.4) is 0 Å². The SMILES string of the molecule is CCCc1n[nH]c(O)c1F. The molecule has 0 bridgehead atoms. The molecule has 0 aliphatic carbocycles. The highest BCUT2D eigenvalue weighted by atomic mass is 19.1. The van der Waals surface area contributed by atoms with Gasteiger partial charge in [0.2, 0.25) is 11.7 Å². The van der Waals surface area contributed by atoms with E-state index in [1.807, 2.05) is 6.92 Å². The molecule has 0 amide bonds. The van der Waals surface area contributed by atoms with Gasteiger partial charge in [0.15, 0.2) is 0 Å². The average Bonchev–Trinajstić information content (AvgIpc) is 2.20. The van der Waals surface area contributed by atoms with Gasteiger partial charge >= 0.3 is 0 Å². The summed E-state index contributed by atoms with van der Waals surface area (Å²) in [7, 11) is 0. The predicted octanol–water partition coefficient (Wildman–Crippen LogP) is 1.21. The van der Waals surface area contributed by atoms with Crippen LogP contribution in [0.15, 0.2) is 0 Å². The monoisotopic (exact) mass is 144 g/mol. The van der Waals surface area contributed by atoms with E-state index >= 15 is 0 Å². The summed E-state index contributed by atoms with van der Waals surface area (Å²) in [6.45, 7) is 1.92. The minimum absolute atomic E-state index is 0.306. The summed E-state index contributed by atoms with van der Waals surface area (Å²) in [5, 5.41) is 14.4. The summed E-state index contributed by atoms with van der Waals surface area (Å²) >= 11 is 0. The highest BCUT2D eigenvalue weighted by Crippen LogP contribution is 2.15. The fourth-order valence-electron chi connectivity index (χ4n) is 0.758. The van der Waals surface area contributed by atoms with Crippen molar-refractivity contribution in [2.24, 2.45) is 0 Å². The van der Waals surface area contributed by atoms with Gasteiger partial charge < -0.3 is 5.11 Å². The third kappa shape index (κ3) is 1.10. The van der Waals surface area contributed by atoms with Crippen molar-refractivity contribution in [3.63, 3.8) is 0 Å². The number of aromatic amines is 1. The maximum atomic E-state index is 12.6. The Balaban J connectivity index is 2.83. The molecule has 1 rings (SSSR count). The molecule has 2 N–H and O–H groups in total. The molecule has 1 aromatic rings. The number of aromatic hydroxyl groups is 1. The van der Waals surface area contributed by atoms with E-state index in [-0.39, 0.29) is 0 Å². The number of hydrogen-bond acceptors (Lipinski definition) is 2. The number of rotatable bonds is 2. The van der Waals surface area contributed by atoms with Crippen LogP contribution < -0.4 is 0 Å². The molecule has 1 heterocycles. The minimum Gasteiger partial charge on any atom is -0.492 e. The zero-order chi connectivity index (χ0) is 7.56. The fourth-order valence-corrected chi connectivity index (χ4v) is 0.758. The van der Waals surface area contributed by atoms with E-state index in [0.717, 1.165) is 6.42 Å². The third-order valence-corrected chi connectivity index (χ3v) is 1.24. The molecule has 3 nitrogen and oxygen atoms in total. The highest BCUT2D eigenvalue weighted by Gasteiger charge is 2.09. The molecule has 1 aromatic heterocycles. The topological polar surface area (TPSA) is 48.9 Å². The first kappa shape index (κ1) is 7.05. The van der Waals surface area contributed by atoms with Crippen LogP contribution in [0.5, 0.6) is 5.88 Å². The van der Waals surface area contributed by atoms with Crippen molar-refractivity contribution in [1.29, 1.82) is 0 Å². The van der Waals surface area contributed by atoms with Gasteiger partial charge in [-0.3, -0.25) is 0 Å². The van der Waals surface area contributed by atoms with E-state index < -0.39 is 11.7 Å². The Hall–Kier alpha value is -1.06.